The summed E-state index contributed by atoms with van der Waals surface area (Å²) in [6.07, 6.45) is 1.35. The van der Waals surface area contributed by atoms with E-state index in [4.69, 9.17) is 6.57 Å². The van der Waals surface area contributed by atoms with E-state index in [0.29, 0.717) is 12.3 Å². The Morgan fingerprint density at radius 2 is 2.22 bits per heavy atom. The third-order valence-corrected chi connectivity index (χ3v) is 1.08. The maximum absolute atomic E-state index is 10.4. The lowest BCUT2D eigenvalue weighted by Crippen LogP contribution is -1.93. The van der Waals surface area contributed by atoms with E-state index in [1.54, 1.807) is 0 Å². The molecule has 0 saturated heterocycles. The molecule has 0 rings (SSSR count). The summed E-state index contributed by atoms with van der Waals surface area (Å²) in [5.74, 6) is 0.347. The molecule has 0 saturated carbocycles. The second-order valence-corrected chi connectivity index (χ2v) is 2.46. The maximum atomic E-state index is 10.4. The van der Waals surface area contributed by atoms with Crippen LogP contribution in [0.1, 0.15) is 26.7 Å². The molecule has 0 heterocycles. The van der Waals surface area contributed by atoms with Gasteiger partial charge in [0.1, 0.15) is 0 Å². The van der Waals surface area contributed by atoms with Crippen LogP contribution in [-0.2, 0) is 4.79 Å². The number of hydrogen-bond donors (Lipinski definition) is 0. The Morgan fingerprint density at radius 1 is 1.67 bits per heavy atom. The van der Waals surface area contributed by atoms with Gasteiger partial charge in [-0.1, -0.05) is 13.8 Å². The van der Waals surface area contributed by atoms with Gasteiger partial charge in [0.25, 0.3) is 6.57 Å². The van der Waals surface area contributed by atoms with E-state index in [-0.39, 0.29) is 5.91 Å². The van der Waals surface area contributed by atoms with Gasteiger partial charge in [0.15, 0.2) is 0 Å². The van der Waals surface area contributed by atoms with Crippen LogP contribution in [0.3, 0.4) is 0 Å². The molecule has 0 atom stereocenters. The lowest BCUT2D eigenvalue weighted by molar-refractivity contribution is -0.115. The van der Waals surface area contributed by atoms with Crippen LogP contribution in [0.4, 0.5) is 0 Å². The Labute approximate surface area is 55.7 Å². The fourth-order valence-electron chi connectivity index (χ4n) is 0.477. The molecule has 0 bridgehead atoms. The second kappa shape index (κ2) is 4.08. The van der Waals surface area contributed by atoms with Gasteiger partial charge in [-0.15, -0.1) is 0 Å². The highest BCUT2D eigenvalue weighted by Gasteiger charge is 2.09. The highest BCUT2D eigenvalue weighted by atomic mass is 16.1. The monoisotopic (exact) mass is 126 g/mol. The number of carbonyl (C=O) groups is 1. The Kier molecular flexibility index (Phi) is 3.70. The van der Waals surface area contributed by atoms with Crippen molar-refractivity contribution in [3.05, 3.63) is 4.85 Å². The highest BCUT2D eigenvalue weighted by molar-refractivity contribution is 5.85. The van der Waals surface area contributed by atoms with Crippen LogP contribution >= 0.6 is 0 Å². The highest BCUT2D eigenvalue weighted by Crippen LogP contribution is 2.03. The molecule has 0 aromatic carbocycles. The third kappa shape index (κ3) is 5.02. The van der Waals surface area contributed by atoms with Gasteiger partial charge >= 0.3 is 5.91 Å². The van der Waals surface area contributed by atoms with Crippen molar-refractivity contribution in [3.8, 4) is 6.57 Å². The van der Waals surface area contributed by atoms with Gasteiger partial charge in [0.05, 0.1) is 6.42 Å². The summed E-state index contributed by atoms with van der Waals surface area (Å²) in [6.45, 7) is 8.85. The zero-order valence-corrected chi connectivity index (χ0v) is 5.92. The minimum absolute atomic E-state index is 0.205. The molecule has 0 fully saturated rings. The average molecular weight is 126 g/mol. The summed E-state index contributed by atoms with van der Waals surface area (Å²) in [7, 11) is 0. The predicted octanol–water partition coefficient (Wildman–Crippen LogP) is 1.91. The van der Waals surface area contributed by atoms with Gasteiger partial charge in [-0.3, -0.25) is 0 Å². The van der Waals surface area contributed by atoms with Crippen molar-refractivity contribution >= 4 is 5.91 Å². The number of rotatable bonds is 3. The Bertz CT molecular complexity index is 132. The average Bonchev–Trinajstić information content (AvgIpc) is 1.83. The van der Waals surface area contributed by atoms with E-state index in [1.165, 1.54) is 0 Å². The van der Waals surface area contributed by atoms with Gasteiger partial charge in [0, 0.05) is 4.85 Å². The van der Waals surface area contributed by atoms with Crippen molar-refractivity contribution in [1.82, 2.24) is 0 Å². The fraction of sp³-hybridized carbons (Fsp3) is 0.714. The molecule has 2 heteroatoms. The van der Waals surface area contributed by atoms with Crippen LogP contribution in [0.25, 0.3) is 4.85 Å². The predicted molar refractivity (Wildman–Crippen MR) is 37.4 cm³/mol. The molecule has 2 nitrogen and oxygen atoms in total. The smallest absolute Gasteiger partial charge is 0.200 e. The lowest BCUT2D eigenvalue weighted by atomic mass is 10.1. The Morgan fingerprint density at radius 3 is 2.56 bits per heavy atom. The molecular weight excluding hydrogens is 114 g/mol. The van der Waals surface area contributed by atoms with Crippen LogP contribution in [0.5, 0.6) is 0 Å². The summed E-state index contributed by atoms with van der Waals surface area (Å²) in [6, 6.07) is 0. The molecule has 0 aromatic rings. The zero-order chi connectivity index (χ0) is 7.28. The summed E-state index contributed by atoms with van der Waals surface area (Å²) in [4.78, 5) is 13.4. The number of nitrogens with zero attached hydrogens (tertiary/aromatic N) is 1. The van der Waals surface area contributed by atoms with Crippen molar-refractivity contribution in [2.75, 3.05) is 0 Å². The Hall–Kier alpha value is -0.840. The van der Waals surface area contributed by atoms with Crippen molar-refractivity contribution in [2.45, 2.75) is 26.7 Å². The minimum atomic E-state index is -0.205. The SMILES string of the molecule is C#[N+]C(=O)CCC(C)C. The van der Waals surface area contributed by atoms with Crippen LogP contribution in [0.2, 0.25) is 0 Å². The molecule has 0 unspecified atom stereocenters. The molecule has 50 valence electrons. The minimum Gasteiger partial charge on any atom is -0.200 e. The zero-order valence-electron chi connectivity index (χ0n) is 5.92. The number of amides is 1. The van der Waals surface area contributed by atoms with Gasteiger partial charge in [-0.25, -0.2) is 4.79 Å². The van der Waals surface area contributed by atoms with Crippen molar-refractivity contribution in [1.29, 1.82) is 0 Å². The van der Waals surface area contributed by atoms with E-state index >= 15 is 0 Å². The lowest BCUT2D eigenvalue weighted by Gasteiger charge is -1.94. The molecule has 0 aliphatic rings. The first-order chi connectivity index (χ1) is 4.16. The van der Waals surface area contributed by atoms with Crippen LogP contribution in [0, 0.1) is 12.5 Å². The van der Waals surface area contributed by atoms with Gasteiger partial charge in [0.2, 0.25) is 0 Å². The molecule has 0 aliphatic heterocycles. The topological polar surface area (TPSA) is 21.4 Å². The first-order valence-electron chi connectivity index (χ1n) is 3.10. The number of carbonyl (C=O) groups excluding carboxylic acids is 1. The quantitative estimate of drug-likeness (QED) is 0.566. The van der Waals surface area contributed by atoms with E-state index in [0.717, 1.165) is 6.42 Å². The first kappa shape index (κ1) is 8.16. The van der Waals surface area contributed by atoms with Crippen LogP contribution < -0.4 is 0 Å². The Balaban J connectivity index is 3.31. The van der Waals surface area contributed by atoms with Gasteiger partial charge in [-0.2, -0.15) is 0 Å². The van der Waals surface area contributed by atoms with Crippen molar-refractivity contribution in [2.24, 2.45) is 5.92 Å². The largest absolute Gasteiger partial charge is 0.514 e. The summed E-state index contributed by atoms with van der Waals surface area (Å²) < 4.78 is 0. The molecule has 9 heavy (non-hydrogen) atoms. The maximum Gasteiger partial charge on any atom is 0.514 e. The molecule has 0 radical (unpaired) electrons. The summed E-state index contributed by atoms with van der Waals surface area (Å²) >= 11 is 0. The summed E-state index contributed by atoms with van der Waals surface area (Å²) in [5.41, 5.74) is 0. The molecular formula is C7H12NO+. The molecule has 0 aliphatic carbocycles. The van der Waals surface area contributed by atoms with Gasteiger partial charge in [-0.05, 0) is 12.3 Å². The molecule has 0 aromatic heterocycles. The third-order valence-electron chi connectivity index (χ3n) is 1.08. The van der Waals surface area contributed by atoms with Crippen molar-refractivity contribution in [3.63, 3.8) is 0 Å². The normalized spacial score (nSPS) is 9.11. The second-order valence-electron chi connectivity index (χ2n) is 2.46. The van der Waals surface area contributed by atoms with Crippen LogP contribution in [0.15, 0.2) is 0 Å². The molecule has 0 N–H and O–H groups in total. The van der Waals surface area contributed by atoms with E-state index in [9.17, 15) is 4.79 Å². The van der Waals surface area contributed by atoms with Crippen LogP contribution in [-0.4, -0.2) is 5.91 Å². The summed E-state index contributed by atoms with van der Waals surface area (Å²) in [5, 5.41) is 0. The standard InChI is InChI=1S/C7H12NO/c1-6(2)4-5-7(9)8-3/h3,6H,4-5H2,1-2H3/q+1. The number of hydrogen-bond acceptors (Lipinski definition) is 1. The van der Waals surface area contributed by atoms with E-state index < -0.39 is 0 Å². The molecule has 0 spiro atoms. The molecule has 1 amide bonds. The van der Waals surface area contributed by atoms with Crippen molar-refractivity contribution < 1.29 is 4.79 Å². The van der Waals surface area contributed by atoms with Gasteiger partial charge < -0.3 is 0 Å². The first-order valence-corrected chi connectivity index (χ1v) is 3.10. The van der Waals surface area contributed by atoms with E-state index in [1.807, 2.05) is 0 Å². The van der Waals surface area contributed by atoms with E-state index in [2.05, 4.69) is 18.7 Å². The fourth-order valence-corrected chi connectivity index (χ4v) is 0.477.